The van der Waals surface area contributed by atoms with Crippen LogP contribution in [0.1, 0.15) is 39.0 Å². The molecule has 0 aromatic heterocycles. The van der Waals surface area contributed by atoms with E-state index in [9.17, 15) is 14.4 Å². The Morgan fingerprint density at radius 1 is 1.27 bits per heavy atom. The van der Waals surface area contributed by atoms with Crippen molar-refractivity contribution in [2.75, 3.05) is 7.11 Å². The lowest BCUT2D eigenvalue weighted by molar-refractivity contribution is -0.117. The smallest absolute Gasteiger partial charge is 0.437 e. The number of amides is 1. The van der Waals surface area contributed by atoms with Gasteiger partial charge in [-0.05, 0) is 43.9 Å². The third kappa shape index (κ3) is 5.95. The van der Waals surface area contributed by atoms with Gasteiger partial charge < -0.3 is 20.0 Å². The Balaban J connectivity index is 2.87. The second kappa shape index (κ2) is 8.81. The van der Waals surface area contributed by atoms with Crippen LogP contribution in [0.25, 0.3) is 0 Å². The molecule has 1 aliphatic rings. The van der Waals surface area contributed by atoms with Crippen LogP contribution < -0.4 is 5.73 Å². The molecule has 6 nitrogen and oxygen atoms in total. The topological polar surface area (TPSA) is 95.7 Å². The van der Waals surface area contributed by atoms with Crippen LogP contribution in [0, 0.1) is 0 Å². The van der Waals surface area contributed by atoms with Crippen LogP contribution in [-0.2, 0) is 19.1 Å². The van der Waals surface area contributed by atoms with E-state index < -0.39 is 12.1 Å². The van der Waals surface area contributed by atoms with E-state index in [0.717, 1.165) is 5.57 Å². The number of nitrogens with two attached hydrogens (primary N) is 1. The first kappa shape index (κ1) is 17.7. The van der Waals surface area contributed by atoms with Gasteiger partial charge in [0.25, 0.3) is 0 Å². The number of ketones is 1. The third-order valence-electron chi connectivity index (χ3n) is 3.18. The van der Waals surface area contributed by atoms with Crippen molar-refractivity contribution in [3.8, 4) is 0 Å². The Morgan fingerprint density at radius 2 is 2.00 bits per heavy atom. The standard InChI is InChI=1S/C16H21NO5/c1-11(18)5-3-6-12-7-4-8-13(22-16(20)21-2)9-10-14(12)15(17)19/h7,9-10H,3-6,8H2,1-2H3,(H2,17,19)/b12-7-,13-9-,14-10+. The first-order valence-electron chi connectivity index (χ1n) is 7.09. The van der Waals surface area contributed by atoms with Gasteiger partial charge in [0, 0.05) is 18.4 Å². The molecule has 0 bridgehead atoms. The number of methoxy groups -OCH3 is 1. The van der Waals surface area contributed by atoms with E-state index in [1.807, 2.05) is 6.08 Å². The Hall–Kier alpha value is -2.37. The molecule has 0 saturated heterocycles. The maximum Gasteiger partial charge on any atom is 0.513 e. The van der Waals surface area contributed by atoms with Gasteiger partial charge in [-0.1, -0.05) is 6.08 Å². The predicted molar refractivity (Wildman–Crippen MR) is 80.7 cm³/mol. The fourth-order valence-electron chi connectivity index (χ4n) is 2.10. The quantitative estimate of drug-likeness (QED) is 0.761. The van der Waals surface area contributed by atoms with Crippen LogP contribution in [0.2, 0.25) is 0 Å². The van der Waals surface area contributed by atoms with Gasteiger partial charge >= 0.3 is 6.16 Å². The van der Waals surface area contributed by atoms with Crippen LogP contribution in [0.5, 0.6) is 0 Å². The minimum atomic E-state index is -0.800. The van der Waals surface area contributed by atoms with Crippen molar-refractivity contribution in [1.82, 2.24) is 0 Å². The average Bonchev–Trinajstić information content (AvgIpc) is 2.42. The van der Waals surface area contributed by atoms with Crippen LogP contribution in [0.4, 0.5) is 4.79 Å². The third-order valence-corrected chi connectivity index (χ3v) is 3.18. The van der Waals surface area contributed by atoms with Gasteiger partial charge in [-0.15, -0.1) is 0 Å². The minimum Gasteiger partial charge on any atom is -0.437 e. The fraction of sp³-hybridized carbons (Fsp3) is 0.438. The maximum atomic E-state index is 11.6. The summed E-state index contributed by atoms with van der Waals surface area (Å²) in [6, 6.07) is 0. The van der Waals surface area contributed by atoms with Gasteiger partial charge in [0.15, 0.2) is 0 Å². The Bertz CT molecular complexity index is 543. The maximum absolute atomic E-state index is 11.6. The largest absolute Gasteiger partial charge is 0.513 e. The summed E-state index contributed by atoms with van der Waals surface area (Å²) in [4.78, 5) is 33.7. The summed E-state index contributed by atoms with van der Waals surface area (Å²) in [5, 5.41) is 0. The number of Topliss-reactive ketones (excluding diaryl/α,β-unsaturated/α-hetero) is 1. The van der Waals surface area contributed by atoms with Crippen molar-refractivity contribution in [3.05, 3.63) is 35.1 Å². The summed E-state index contributed by atoms with van der Waals surface area (Å²) < 4.78 is 9.42. The van der Waals surface area contributed by atoms with E-state index in [-0.39, 0.29) is 5.78 Å². The highest BCUT2D eigenvalue weighted by molar-refractivity contribution is 5.96. The fourth-order valence-corrected chi connectivity index (χ4v) is 2.10. The molecule has 0 radical (unpaired) electrons. The molecule has 0 unspecified atom stereocenters. The zero-order valence-electron chi connectivity index (χ0n) is 12.9. The summed E-state index contributed by atoms with van der Waals surface area (Å²) in [7, 11) is 1.23. The SMILES string of the molecule is COC(=O)O\C1=C/C=C(C(N)=O)\C(CCCC(C)=O)=C/CC1. The summed E-state index contributed by atoms with van der Waals surface area (Å²) in [5.74, 6) is -0.0287. The lowest BCUT2D eigenvalue weighted by Crippen LogP contribution is -2.16. The number of primary amides is 1. The van der Waals surface area contributed by atoms with Gasteiger partial charge in [-0.3, -0.25) is 4.79 Å². The molecule has 0 heterocycles. The number of ether oxygens (including phenoxy) is 2. The molecule has 0 saturated carbocycles. The van der Waals surface area contributed by atoms with Crippen molar-refractivity contribution in [3.63, 3.8) is 0 Å². The van der Waals surface area contributed by atoms with Crippen molar-refractivity contribution >= 4 is 17.8 Å². The molecule has 1 rings (SSSR count). The van der Waals surface area contributed by atoms with Crippen LogP contribution in [0.15, 0.2) is 35.1 Å². The molecular weight excluding hydrogens is 286 g/mol. The molecule has 0 spiro atoms. The van der Waals surface area contributed by atoms with E-state index in [4.69, 9.17) is 10.5 Å². The highest BCUT2D eigenvalue weighted by Gasteiger charge is 2.14. The summed E-state index contributed by atoms with van der Waals surface area (Å²) in [6.07, 6.45) is 7.04. The van der Waals surface area contributed by atoms with Gasteiger partial charge in [0.2, 0.25) is 5.91 Å². The van der Waals surface area contributed by atoms with Crippen molar-refractivity contribution in [1.29, 1.82) is 0 Å². The zero-order chi connectivity index (χ0) is 16.5. The second-order valence-corrected chi connectivity index (χ2v) is 4.96. The minimum absolute atomic E-state index is 0.115. The number of hydrogen-bond acceptors (Lipinski definition) is 5. The molecule has 1 aliphatic carbocycles. The van der Waals surface area contributed by atoms with Gasteiger partial charge in [0.1, 0.15) is 11.5 Å². The number of carbonyl (C=O) groups is 3. The molecule has 1 amide bonds. The number of carbonyl (C=O) groups excluding carboxylic acids is 3. The van der Waals surface area contributed by atoms with Crippen LogP contribution >= 0.6 is 0 Å². The Morgan fingerprint density at radius 3 is 2.59 bits per heavy atom. The first-order chi connectivity index (χ1) is 10.4. The van der Waals surface area contributed by atoms with Crippen molar-refractivity contribution in [2.24, 2.45) is 5.73 Å². The molecule has 0 aromatic rings. The van der Waals surface area contributed by atoms with E-state index in [1.165, 1.54) is 14.0 Å². The number of hydrogen-bond donors (Lipinski definition) is 1. The van der Waals surface area contributed by atoms with Crippen molar-refractivity contribution < 1.29 is 23.9 Å². The zero-order valence-corrected chi connectivity index (χ0v) is 12.9. The summed E-state index contributed by atoms with van der Waals surface area (Å²) >= 11 is 0. The number of rotatable bonds is 6. The molecule has 6 heteroatoms. The molecule has 0 aromatic carbocycles. The average molecular weight is 307 g/mol. The first-order valence-corrected chi connectivity index (χ1v) is 7.09. The molecule has 22 heavy (non-hydrogen) atoms. The second-order valence-electron chi connectivity index (χ2n) is 4.96. The van der Waals surface area contributed by atoms with Crippen LogP contribution in [0.3, 0.4) is 0 Å². The monoisotopic (exact) mass is 307 g/mol. The molecule has 2 N–H and O–H groups in total. The molecular formula is C16H21NO5. The Kier molecular flexibility index (Phi) is 7.08. The lowest BCUT2D eigenvalue weighted by atomic mass is 9.95. The molecule has 0 fully saturated rings. The predicted octanol–water partition coefficient (Wildman–Crippen LogP) is 2.54. The molecule has 0 atom stereocenters. The molecule has 120 valence electrons. The number of allylic oxidation sites excluding steroid dienone is 4. The van der Waals surface area contributed by atoms with E-state index in [2.05, 4.69) is 4.74 Å². The van der Waals surface area contributed by atoms with Crippen molar-refractivity contribution in [2.45, 2.75) is 39.0 Å². The summed E-state index contributed by atoms with van der Waals surface area (Å²) in [6.45, 7) is 1.54. The van der Waals surface area contributed by atoms with E-state index >= 15 is 0 Å². The van der Waals surface area contributed by atoms with Gasteiger partial charge in [-0.2, -0.15) is 0 Å². The highest BCUT2D eigenvalue weighted by atomic mass is 16.7. The van der Waals surface area contributed by atoms with Crippen LogP contribution in [-0.4, -0.2) is 25.0 Å². The highest BCUT2D eigenvalue weighted by Crippen LogP contribution is 2.23. The lowest BCUT2D eigenvalue weighted by Gasteiger charge is -2.13. The molecule has 0 aliphatic heterocycles. The van der Waals surface area contributed by atoms with E-state index in [1.54, 1.807) is 12.2 Å². The normalized spacial score (nSPS) is 21.8. The van der Waals surface area contributed by atoms with Gasteiger partial charge in [-0.25, -0.2) is 4.79 Å². The van der Waals surface area contributed by atoms with E-state index in [0.29, 0.717) is 43.4 Å². The summed E-state index contributed by atoms with van der Waals surface area (Å²) in [5.41, 5.74) is 6.60. The van der Waals surface area contributed by atoms with Gasteiger partial charge in [0.05, 0.1) is 7.11 Å². The Labute approximate surface area is 129 Å².